The molecular weight excluding hydrogens is 180 g/mol. The molecule has 3 nitrogen and oxygen atoms in total. The molecule has 0 unspecified atom stereocenters. The Hall–Kier alpha value is -1.64. The van der Waals surface area contributed by atoms with E-state index >= 15 is 0 Å². The van der Waals surface area contributed by atoms with E-state index in [1.54, 1.807) is 12.1 Å². The van der Waals surface area contributed by atoms with Gasteiger partial charge in [-0.1, -0.05) is 0 Å². The van der Waals surface area contributed by atoms with Crippen molar-refractivity contribution in [1.82, 2.24) is 0 Å². The van der Waals surface area contributed by atoms with Gasteiger partial charge in [0.25, 0.3) is 0 Å². The molecule has 0 amide bonds. The molecule has 0 aliphatic carbocycles. The molecule has 0 N–H and O–H groups in total. The Balaban J connectivity index is 3.37. The Morgan fingerprint density at radius 1 is 1.43 bits per heavy atom. The molecule has 14 heavy (non-hydrogen) atoms. The smallest absolute Gasteiger partial charge is 0.160 e. The standard InChI is InChI=1S/C11H12O3/c1-7-4-11(14-3)9(6-12)5-10(7)8(2)13/h4-6H,1-3H3. The summed E-state index contributed by atoms with van der Waals surface area (Å²) in [6.07, 6.45) is 0.685. The first-order valence-electron chi connectivity index (χ1n) is 4.25. The number of Topliss-reactive ketones (excluding diaryl/α,β-unsaturated/α-hetero) is 1. The zero-order chi connectivity index (χ0) is 10.7. The summed E-state index contributed by atoms with van der Waals surface area (Å²) in [5, 5.41) is 0. The van der Waals surface area contributed by atoms with Gasteiger partial charge in [0.15, 0.2) is 12.1 Å². The fourth-order valence-electron chi connectivity index (χ4n) is 1.35. The van der Waals surface area contributed by atoms with E-state index in [-0.39, 0.29) is 5.78 Å². The summed E-state index contributed by atoms with van der Waals surface area (Å²) in [5.41, 5.74) is 1.79. The minimum Gasteiger partial charge on any atom is -0.496 e. The Labute approximate surface area is 82.7 Å². The van der Waals surface area contributed by atoms with Gasteiger partial charge in [0.2, 0.25) is 0 Å². The van der Waals surface area contributed by atoms with Crippen LogP contribution in [0, 0.1) is 6.92 Å². The highest BCUT2D eigenvalue weighted by atomic mass is 16.5. The van der Waals surface area contributed by atoms with Crippen molar-refractivity contribution >= 4 is 12.1 Å². The molecule has 0 saturated heterocycles. The lowest BCUT2D eigenvalue weighted by atomic mass is 10.0. The van der Waals surface area contributed by atoms with Crippen LogP contribution in [0.2, 0.25) is 0 Å². The molecule has 1 rings (SSSR count). The number of aryl methyl sites for hydroxylation is 1. The predicted octanol–water partition coefficient (Wildman–Crippen LogP) is 2.02. The van der Waals surface area contributed by atoms with Crippen LogP contribution in [-0.4, -0.2) is 19.2 Å². The molecule has 0 aliphatic rings. The van der Waals surface area contributed by atoms with Crippen molar-refractivity contribution < 1.29 is 14.3 Å². The quantitative estimate of drug-likeness (QED) is 0.543. The lowest BCUT2D eigenvalue weighted by Gasteiger charge is -2.07. The Kier molecular flexibility index (Phi) is 3.02. The van der Waals surface area contributed by atoms with Crippen molar-refractivity contribution in [3.8, 4) is 5.75 Å². The van der Waals surface area contributed by atoms with Crippen molar-refractivity contribution in [3.63, 3.8) is 0 Å². The number of ether oxygens (including phenoxy) is 1. The number of benzene rings is 1. The summed E-state index contributed by atoms with van der Waals surface area (Å²) in [4.78, 5) is 21.9. The summed E-state index contributed by atoms with van der Waals surface area (Å²) in [7, 11) is 1.50. The third-order valence-corrected chi connectivity index (χ3v) is 2.08. The first-order valence-corrected chi connectivity index (χ1v) is 4.25. The minimum atomic E-state index is -0.0479. The largest absolute Gasteiger partial charge is 0.496 e. The molecule has 0 saturated carbocycles. The second kappa shape index (κ2) is 4.05. The van der Waals surface area contributed by atoms with Gasteiger partial charge in [-0.2, -0.15) is 0 Å². The van der Waals surface area contributed by atoms with Gasteiger partial charge in [0, 0.05) is 5.56 Å². The van der Waals surface area contributed by atoms with Crippen molar-refractivity contribution in [1.29, 1.82) is 0 Å². The monoisotopic (exact) mass is 192 g/mol. The van der Waals surface area contributed by atoms with Crippen LogP contribution in [0.1, 0.15) is 33.2 Å². The molecule has 0 atom stereocenters. The van der Waals surface area contributed by atoms with E-state index in [0.717, 1.165) is 5.56 Å². The molecule has 0 aromatic heterocycles. The number of ketones is 1. The molecule has 1 aromatic rings. The molecule has 0 spiro atoms. The van der Waals surface area contributed by atoms with E-state index in [2.05, 4.69) is 0 Å². The van der Waals surface area contributed by atoms with Crippen molar-refractivity contribution in [2.45, 2.75) is 13.8 Å². The highest BCUT2D eigenvalue weighted by Gasteiger charge is 2.09. The molecule has 3 heteroatoms. The van der Waals surface area contributed by atoms with Crippen molar-refractivity contribution in [2.24, 2.45) is 0 Å². The van der Waals surface area contributed by atoms with Crippen LogP contribution in [0.25, 0.3) is 0 Å². The molecule has 1 aromatic carbocycles. The van der Waals surface area contributed by atoms with Gasteiger partial charge in [0.1, 0.15) is 5.75 Å². The van der Waals surface area contributed by atoms with E-state index in [0.29, 0.717) is 23.2 Å². The second-order valence-electron chi connectivity index (χ2n) is 3.08. The van der Waals surface area contributed by atoms with Crippen LogP contribution in [0.5, 0.6) is 5.75 Å². The molecular formula is C11H12O3. The molecule has 74 valence electrons. The topological polar surface area (TPSA) is 43.4 Å². The minimum absolute atomic E-state index is 0.0479. The van der Waals surface area contributed by atoms with Gasteiger partial charge >= 0.3 is 0 Å². The number of hydrogen-bond acceptors (Lipinski definition) is 3. The van der Waals surface area contributed by atoms with Gasteiger partial charge in [-0.3, -0.25) is 9.59 Å². The van der Waals surface area contributed by atoms with Gasteiger partial charge in [-0.05, 0) is 31.5 Å². The first-order chi connectivity index (χ1) is 6.60. The Morgan fingerprint density at radius 3 is 2.50 bits per heavy atom. The van der Waals surface area contributed by atoms with Gasteiger partial charge in [-0.25, -0.2) is 0 Å². The zero-order valence-corrected chi connectivity index (χ0v) is 8.46. The van der Waals surface area contributed by atoms with E-state index < -0.39 is 0 Å². The van der Waals surface area contributed by atoms with E-state index in [4.69, 9.17) is 4.74 Å². The van der Waals surface area contributed by atoms with E-state index in [9.17, 15) is 9.59 Å². The van der Waals surface area contributed by atoms with Gasteiger partial charge in [-0.15, -0.1) is 0 Å². The Morgan fingerprint density at radius 2 is 2.07 bits per heavy atom. The number of methoxy groups -OCH3 is 1. The molecule has 0 fully saturated rings. The average Bonchev–Trinajstić information content (AvgIpc) is 2.16. The van der Waals surface area contributed by atoms with Crippen LogP contribution in [0.15, 0.2) is 12.1 Å². The number of hydrogen-bond donors (Lipinski definition) is 0. The summed E-state index contributed by atoms with van der Waals surface area (Å²) < 4.78 is 5.01. The first kappa shape index (κ1) is 10.4. The molecule has 0 heterocycles. The number of carbonyl (C=O) groups excluding carboxylic acids is 2. The summed E-state index contributed by atoms with van der Waals surface area (Å²) in [5.74, 6) is 0.454. The fourth-order valence-corrected chi connectivity index (χ4v) is 1.35. The summed E-state index contributed by atoms with van der Waals surface area (Å²) in [6, 6.07) is 3.25. The second-order valence-corrected chi connectivity index (χ2v) is 3.08. The van der Waals surface area contributed by atoms with Crippen molar-refractivity contribution in [2.75, 3.05) is 7.11 Å². The van der Waals surface area contributed by atoms with E-state index in [1.807, 2.05) is 6.92 Å². The summed E-state index contributed by atoms with van der Waals surface area (Å²) >= 11 is 0. The molecule has 0 bridgehead atoms. The molecule has 0 aliphatic heterocycles. The van der Waals surface area contributed by atoms with Crippen molar-refractivity contribution in [3.05, 3.63) is 28.8 Å². The predicted molar refractivity (Wildman–Crippen MR) is 53.1 cm³/mol. The number of rotatable bonds is 3. The Bertz CT molecular complexity index is 380. The maximum atomic E-state index is 11.2. The van der Waals surface area contributed by atoms with Crippen LogP contribution >= 0.6 is 0 Å². The lowest BCUT2D eigenvalue weighted by Crippen LogP contribution is -2.00. The van der Waals surface area contributed by atoms with Gasteiger partial charge < -0.3 is 4.74 Å². The maximum Gasteiger partial charge on any atom is 0.160 e. The third-order valence-electron chi connectivity index (χ3n) is 2.08. The summed E-state index contributed by atoms with van der Waals surface area (Å²) in [6.45, 7) is 3.29. The van der Waals surface area contributed by atoms with Crippen LogP contribution in [0.4, 0.5) is 0 Å². The van der Waals surface area contributed by atoms with Gasteiger partial charge in [0.05, 0.1) is 12.7 Å². The highest BCUT2D eigenvalue weighted by Crippen LogP contribution is 2.22. The fraction of sp³-hybridized carbons (Fsp3) is 0.273. The maximum absolute atomic E-state index is 11.2. The van der Waals surface area contributed by atoms with Crippen LogP contribution in [0.3, 0.4) is 0 Å². The average molecular weight is 192 g/mol. The SMILES string of the molecule is COc1cc(C)c(C(C)=O)cc1C=O. The zero-order valence-electron chi connectivity index (χ0n) is 8.46. The molecule has 0 radical (unpaired) electrons. The van der Waals surface area contributed by atoms with Crippen LogP contribution < -0.4 is 4.74 Å². The normalized spacial score (nSPS) is 9.64. The van der Waals surface area contributed by atoms with Crippen LogP contribution in [-0.2, 0) is 0 Å². The third kappa shape index (κ3) is 1.82. The number of carbonyl (C=O) groups is 2. The number of aldehydes is 1. The lowest BCUT2D eigenvalue weighted by molar-refractivity contribution is 0.101. The highest BCUT2D eigenvalue weighted by molar-refractivity contribution is 5.97. The van der Waals surface area contributed by atoms with E-state index in [1.165, 1.54) is 14.0 Å².